The van der Waals surface area contributed by atoms with Crippen LogP contribution in [0.1, 0.15) is 13.3 Å². The Hall–Kier alpha value is -1.90. The van der Waals surface area contributed by atoms with E-state index >= 15 is 0 Å². The lowest BCUT2D eigenvalue weighted by atomic mass is 10.1. The van der Waals surface area contributed by atoms with E-state index in [1.807, 2.05) is 24.3 Å². The number of hydrogen-bond acceptors (Lipinski definition) is 6. The summed E-state index contributed by atoms with van der Waals surface area (Å²) in [5, 5.41) is 1.36. The Bertz CT molecular complexity index is 957. The van der Waals surface area contributed by atoms with Crippen molar-refractivity contribution >= 4 is 43.6 Å². The van der Waals surface area contributed by atoms with Crippen LogP contribution in [0.15, 0.2) is 47.4 Å². The van der Waals surface area contributed by atoms with Crippen molar-refractivity contribution in [3.8, 4) is 0 Å². The van der Waals surface area contributed by atoms with E-state index in [0.29, 0.717) is 0 Å². The first-order chi connectivity index (χ1) is 12.3. The Balaban J connectivity index is 1.98. The van der Waals surface area contributed by atoms with Gasteiger partial charge in [0.1, 0.15) is 6.04 Å². The normalized spacial score (nSPS) is 21.0. The zero-order valence-electron chi connectivity index (χ0n) is 14.4. The van der Waals surface area contributed by atoms with Gasteiger partial charge in [-0.3, -0.25) is 9.59 Å². The smallest absolute Gasteiger partial charge is 0.324 e. The van der Waals surface area contributed by atoms with E-state index in [1.54, 1.807) is 12.1 Å². The third kappa shape index (κ3) is 3.62. The average Bonchev–Trinajstić information content (AvgIpc) is 3.04. The van der Waals surface area contributed by atoms with Crippen molar-refractivity contribution in [2.24, 2.45) is 0 Å². The highest BCUT2D eigenvalue weighted by atomic mass is 32.2. The molecule has 2 atom stereocenters. The fraction of sp³-hybridized carbons (Fsp3) is 0.333. The number of carbonyl (C=O) groups is 2. The van der Waals surface area contributed by atoms with Crippen molar-refractivity contribution in [1.29, 1.82) is 0 Å². The van der Waals surface area contributed by atoms with Crippen molar-refractivity contribution in [3.05, 3.63) is 42.5 Å². The summed E-state index contributed by atoms with van der Waals surface area (Å²) in [6.45, 7) is 1.53. The summed E-state index contributed by atoms with van der Waals surface area (Å²) in [7, 11) is -2.66. The van der Waals surface area contributed by atoms with Crippen molar-refractivity contribution < 1.29 is 22.7 Å². The first-order valence-electron chi connectivity index (χ1n) is 8.08. The van der Waals surface area contributed by atoms with Gasteiger partial charge in [0.05, 0.1) is 12.0 Å². The fourth-order valence-corrected chi connectivity index (χ4v) is 5.92. The molecular weight excluding hydrogens is 374 g/mol. The molecule has 1 saturated heterocycles. The van der Waals surface area contributed by atoms with Crippen molar-refractivity contribution in [1.82, 2.24) is 4.31 Å². The minimum atomic E-state index is -3.90. The molecule has 0 saturated carbocycles. The number of benzene rings is 2. The largest absolute Gasteiger partial charge is 0.468 e. The standard InChI is InChI=1S/C18H19NO5S2/c1-12(20)25-15-10-17(18(21)24-2)19(11-15)26(22,23)16-8-7-13-5-3-4-6-14(13)9-16/h3-9,15,17H,10-11H2,1-2H3. The number of methoxy groups -OCH3 is 1. The lowest BCUT2D eigenvalue weighted by Crippen LogP contribution is -2.41. The molecule has 3 rings (SSSR count). The molecule has 0 aliphatic carbocycles. The summed E-state index contributed by atoms with van der Waals surface area (Å²) in [6.07, 6.45) is 0.254. The van der Waals surface area contributed by atoms with Gasteiger partial charge in [0.15, 0.2) is 5.12 Å². The number of sulfonamides is 1. The number of ether oxygens (including phenoxy) is 1. The molecule has 0 bridgehead atoms. The summed E-state index contributed by atoms with van der Waals surface area (Å²) in [6, 6.07) is 11.4. The molecule has 0 spiro atoms. The van der Waals surface area contributed by atoms with E-state index in [4.69, 9.17) is 4.74 Å². The van der Waals surface area contributed by atoms with Crippen molar-refractivity contribution in [3.63, 3.8) is 0 Å². The van der Waals surface area contributed by atoms with Gasteiger partial charge in [-0.2, -0.15) is 4.31 Å². The molecule has 1 heterocycles. The van der Waals surface area contributed by atoms with E-state index in [2.05, 4.69) is 0 Å². The topological polar surface area (TPSA) is 80.8 Å². The van der Waals surface area contributed by atoms with E-state index in [-0.39, 0.29) is 28.2 Å². The highest BCUT2D eigenvalue weighted by Crippen LogP contribution is 2.33. The Kier molecular flexibility index (Phi) is 5.36. The molecule has 138 valence electrons. The lowest BCUT2D eigenvalue weighted by molar-refractivity contribution is -0.144. The summed E-state index contributed by atoms with van der Waals surface area (Å²) >= 11 is 1.06. The zero-order valence-corrected chi connectivity index (χ0v) is 16.0. The molecule has 2 aromatic carbocycles. The van der Waals surface area contributed by atoms with Gasteiger partial charge in [0.2, 0.25) is 10.0 Å². The van der Waals surface area contributed by atoms with Gasteiger partial charge in [0.25, 0.3) is 0 Å². The van der Waals surface area contributed by atoms with Crippen LogP contribution in [0.3, 0.4) is 0 Å². The van der Waals surface area contributed by atoms with Crippen LogP contribution in [0.25, 0.3) is 10.8 Å². The molecule has 2 unspecified atom stereocenters. The second kappa shape index (κ2) is 7.38. The summed E-state index contributed by atoms with van der Waals surface area (Å²) in [5.74, 6) is -0.610. The van der Waals surface area contributed by atoms with Gasteiger partial charge < -0.3 is 4.74 Å². The van der Waals surface area contributed by atoms with Gasteiger partial charge in [-0.1, -0.05) is 42.1 Å². The molecule has 1 aliphatic heterocycles. The first-order valence-corrected chi connectivity index (χ1v) is 10.4. The number of nitrogens with zero attached hydrogens (tertiary/aromatic N) is 1. The highest BCUT2D eigenvalue weighted by molar-refractivity contribution is 8.14. The Morgan fingerprint density at radius 2 is 1.85 bits per heavy atom. The number of thioether (sulfide) groups is 1. The average molecular weight is 393 g/mol. The molecule has 0 radical (unpaired) electrons. The van der Waals surface area contributed by atoms with Crippen LogP contribution < -0.4 is 0 Å². The highest BCUT2D eigenvalue weighted by Gasteiger charge is 2.45. The maximum atomic E-state index is 13.2. The second-order valence-corrected chi connectivity index (χ2v) is 9.46. The number of carbonyl (C=O) groups excluding carboxylic acids is 2. The first kappa shape index (κ1) is 18.9. The summed E-state index contributed by atoms with van der Waals surface area (Å²) in [5.41, 5.74) is 0. The minimum Gasteiger partial charge on any atom is -0.468 e. The number of esters is 1. The molecule has 8 heteroatoms. The number of hydrogen-bond donors (Lipinski definition) is 0. The number of fused-ring (bicyclic) bond motifs is 1. The van der Waals surface area contributed by atoms with E-state index in [0.717, 1.165) is 26.8 Å². The molecule has 0 amide bonds. The van der Waals surface area contributed by atoms with Gasteiger partial charge >= 0.3 is 5.97 Å². The second-order valence-electron chi connectivity index (χ2n) is 6.09. The van der Waals surface area contributed by atoms with Crippen LogP contribution in [0.2, 0.25) is 0 Å². The molecular formula is C18H19NO5S2. The van der Waals surface area contributed by atoms with Gasteiger partial charge in [0, 0.05) is 18.7 Å². The summed E-state index contributed by atoms with van der Waals surface area (Å²) < 4.78 is 32.3. The third-order valence-corrected chi connectivity index (χ3v) is 7.23. The van der Waals surface area contributed by atoms with E-state index in [9.17, 15) is 18.0 Å². The predicted molar refractivity (Wildman–Crippen MR) is 100 cm³/mol. The van der Waals surface area contributed by atoms with E-state index in [1.165, 1.54) is 20.1 Å². The van der Waals surface area contributed by atoms with Crippen LogP contribution >= 0.6 is 11.8 Å². The maximum Gasteiger partial charge on any atom is 0.324 e. The molecule has 6 nitrogen and oxygen atoms in total. The van der Waals surface area contributed by atoms with Crippen LogP contribution in [-0.4, -0.2) is 48.8 Å². The quantitative estimate of drug-likeness (QED) is 0.742. The maximum absolute atomic E-state index is 13.2. The predicted octanol–water partition coefficient (Wildman–Crippen LogP) is 2.42. The molecule has 1 fully saturated rings. The van der Waals surface area contributed by atoms with Crippen LogP contribution in [0.5, 0.6) is 0 Å². The zero-order chi connectivity index (χ0) is 18.9. The van der Waals surface area contributed by atoms with Crippen LogP contribution in [-0.2, 0) is 24.3 Å². The fourth-order valence-electron chi connectivity index (χ4n) is 3.17. The van der Waals surface area contributed by atoms with Crippen molar-refractivity contribution in [2.45, 2.75) is 29.5 Å². The molecule has 26 heavy (non-hydrogen) atoms. The van der Waals surface area contributed by atoms with Crippen LogP contribution in [0.4, 0.5) is 0 Å². The molecule has 0 N–H and O–H groups in total. The Morgan fingerprint density at radius 1 is 1.15 bits per heavy atom. The van der Waals surface area contributed by atoms with Crippen molar-refractivity contribution in [2.75, 3.05) is 13.7 Å². The summed E-state index contributed by atoms with van der Waals surface area (Å²) in [4.78, 5) is 23.6. The third-order valence-electron chi connectivity index (χ3n) is 4.35. The van der Waals surface area contributed by atoms with E-state index < -0.39 is 22.0 Å². The SMILES string of the molecule is COC(=O)C1CC(SC(C)=O)CN1S(=O)(=O)c1ccc2ccccc2c1. The Labute approximate surface area is 156 Å². The van der Waals surface area contributed by atoms with Crippen LogP contribution in [0, 0.1) is 0 Å². The van der Waals surface area contributed by atoms with Gasteiger partial charge in [-0.25, -0.2) is 8.42 Å². The van der Waals surface area contributed by atoms with Gasteiger partial charge in [-0.15, -0.1) is 0 Å². The Morgan fingerprint density at radius 3 is 2.50 bits per heavy atom. The molecule has 2 aromatic rings. The minimum absolute atomic E-state index is 0.0964. The van der Waals surface area contributed by atoms with Gasteiger partial charge in [-0.05, 0) is 29.3 Å². The molecule has 1 aliphatic rings. The lowest BCUT2D eigenvalue weighted by Gasteiger charge is -2.22. The monoisotopic (exact) mass is 393 g/mol. The number of rotatable bonds is 4. The molecule has 0 aromatic heterocycles.